The maximum atomic E-state index is 13.7. The van der Waals surface area contributed by atoms with Gasteiger partial charge < -0.3 is 24.6 Å². The van der Waals surface area contributed by atoms with E-state index in [0.29, 0.717) is 37.6 Å². The van der Waals surface area contributed by atoms with E-state index >= 15 is 0 Å². The molecule has 0 radical (unpaired) electrons. The zero-order chi connectivity index (χ0) is 27.1. The number of benzene rings is 3. The van der Waals surface area contributed by atoms with Gasteiger partial charge in [-0.2, -0.15) is 0 Å². The molecule has 1 aliphatic rings. The molecule has 0 spiro atoms. The normalized spacial score (nSPS) is 14.7. The second-order valence-corrected chi connectivity index (χ2v) is 10.7. The minimum Gasteiger partial charge on any atom is -0.495 e. The number of para-hydroxylation sites is 2. The van der Waals surface area contributed by atoms with Gasteiger partial charge >= 0.3 is 0 Å². The lowest BCUT2D eigenvalue weighted by atomic mass is 10.1. The Morgan fingerprint density at radius 1 is 0.895 bits per heavy atom. The average Bonchev–Trinajstić information content (AvgIpc) is 2.93. The van der Waals surface area contributed by atoms with Crippen molar-refractivity contribution < 1.29 is 22.7 Å². The quantitative estimate of drug-likeness (QED) is 0.407. The summed E-state index contributed by atoms with van der Waals surface area (Å²) in [7, 11) is -0.858. The molecule has 9 nitrogen and oxygen atoms in total. The van der Waals surface area contributed by atoms with Crippen LogP contribution in [0.1, 0.15) is 18.5 Å². The highest BCUT2D eigenvalue weighted by atomic mass is 32.2. The van der Waals surface area contributed by atoms with Gasteiger partial charge in [0.05, 0.1) is 18.5 Å². The van der Waals surface area contributed by atoms with Gasteiger partial charge in [-0.05, 0) is 42.8 Å². The van der Waals surface area contributed by atoms with E-state index in [-0.39, 0.29) is 17.4 Å². The standard InChI is InChI=1S/C28H34N4O5S/c1-21(22-9-5-4-6-10-22)30-38(34,35)27-19-23(29-28(33)20-36-2)13-14-25(27)32-17-15-31(16-18-32)24-11-7-8-12-26(24)37-3/h4-14,19,21,30H,15-18,20H2,1-3H3,(H,29,33)/t21-/m1/s1. The lowest BCUT2D eigenvalue weighted by molar-refractivity contribution is -0.119. The Labute approximate surface area is 224 Å². The third-order valence-electron chi connectivity index (χ3n) is 6.49. The molecule has 38 heavy (non-hydrogen) atoms. The predicted molar refractivity (Wildman–Crippen MR) is 150 cm³/mol. The average molecular weight is 539 g/mol. The molecular weight excluding hydrogens is 504 g/mol. The maximum Gasteiger partial charge on any atom is 0.250 e. The van der Waals surface area contributed by atoms with Gasteiger partial charge in [-0.25, -0.2) is 13.1 Å². The lowest BCUT2D eigenvalue weighted by Crippen LogP contribution is -2.47. The number of hydrogen-bond acceptors (Lipinski definition) is 7. The highest BCUT2D eigenvalue weighted by Gasteiger charge is 2.28. The summed E-state index contributed by atoms with van der Waals surface area (Å²) in [6, 6.07) is 21.8. The monoisotopic (exact) mass is 538 g/mol. The first kappa shape index (κ1) is 27.4. The topological polar surface area (TPSA) is 100 Å². The number of amides is 1. The lowest BCUT2D eigenvalue weighted by Gasteiger charge is -2.38. The first-order chi connectivity index (χ1) is 18.3. The molecule has 202 valence electrons. The number of anilines is 3. The molecule has 3 aromatic rings. The van der Waals surface area contributed by atoms with E-state index in [2.05, 4.69) is 19.8 Å². The molecule has 0 aromatic heterocycles. The third kappa shape index (κ3) is 6.45. The summed E-state index contributed by atoms with van der Waals surface area (Å²) < 4.78 is 40.6. The molecule has 0 bridgehead atoms. The van der Waals surface area contributed by atoms with Crippen LogP contribution < -0.4 is 24.6 Å². The number of methoxy groups -OCH3 is 2. The third-order valence-corrected chi connectivity index (χ3v) is 8.06. The molecule has 0 saturated carbocycles. The minimum atomic E-state index is -3.94. The highest BCUT2D eigenvalue weighted by Crippen LogP contribution is 2.33. The molecule has 1 atom stereocenters. The van der Waals surface area contributed by atoms with Crippen molar-refractivity contribution in [2.45, 2.75) is 17.9 Å². The highest BCUT2D eigenvalue weighted by molar-refractivity contribution is 7.89. The molecular formula is C28H34N4O5S. The summed E-state index contributed by atoms with van der Waals surface area (Å²) in [4.78, 5) is 16.5. The van der Waals surface area contributed by atoms with Crippen molar-refractivity contribution in [1.82, 2.24) is 4.72 Å². The maximum absolute atomic E-state index is 13.7. The van der Waals surface area contributed by atoms with Crippen LogP contribution in [0.25, 0.3) is 0 Å². The number of ether oxygens (including phenoxy) is 2. The summed E-state index contributed by atoms with van der Waals surface area (Å²) >= 11 is 0. The Hall–Kier alpha value is -3.60. The molecule has 0 aliphatic carbocycles. The van der Waals surface area contributed by atoms with E-state index in [0.717, 1.165) is 17.0 Å². The van der Waals surface area contributed by atoms with Crippen LogP contribution in [0, 0.1) is 0 Å². The largest absolute Gasteiger partial charge is 0.495 e. The van der Waals surface area contributed by atoms with Gasteiger partial charge in [0, 0.05) is 45.0 Å². The second-order valence-electron chi connectivity index (χ2n) is 9.06. The fourth-order valence-corrected chi connectivity index (χ4v) is 6.06. The number of rotatable bonds is 10. The number of carbonyl (C=O) groups is 1. The smallest absolute Gasteiger partial charge is 0.250 e. The minimum absolute atomic E-state index is 0.112. The molecule has 1 fully saturated rings. The first-order valence-corrected chi connectivity index (χ1v) is 13.9. The fraction of sp³-hybridized carbons (Fsp3) is 0.321. The molecule has 10 heteroatoms. The number of carbonyl (C=O) groups excluding carboxylic acids is 1. The van der Waals surface area contributed by atoms with Gasteiger partial charge in [0.25, 0.3) is 0 Å². The van der Waals surface area contributed by atoms with Crippen molar-refractivity contribution in [1.29, 1.82) is 0 Å². The van der Waals surface area contributed by atoms with E-state index in [9.17, 15) is 13.2 Å². The van der Waals surface area contributed by atoms with Crippen LogP contribution in [0.2, 0.25) is 0 Å². The van der Waals surface area contributed by atoms with Gasteiger partial charge in [-0.3, -0.25) is 4.79 Å². The van der Waals surface area contributed by atoms with Crippen molar-refractivity contribution in [3.63, 3.8) is 0 Å². The molecule has 1 amide bonds. The van der Waals surface area contributed by atoms with Gasteiger partial charge in [0.15, 0.2) is 0 Å². The fourth-order valence-electron chi connectivity index (χ4n) is 4.58. The van der Waals surface area contributed by atoms with Crippen LogP contribution in [0.15, 0.2) is 77.7 Å². The molecule has 0 unspecified atom stereocenters. The van der Waals surface area contributed by atoms with Crippen molar-refractivity contribution in [2.24, 2.45) is 0 Å². The summed E-state index contributed by atoms with van der Waals surface area (Å²) in [5.74, 6) is 0.444. The Balaban J connectivity index is 1.61. The van der Waals surface area contributed by atoms with Crippen molar-refractivity contribution >= 4 is 33.0 Å². The Morgan fingerprint density at radius 2 is 1.53 bits per heavy atom. The van der Waals surface area contributed by atoms with Gasteiger partial charge in [-0.15, -0.1) is 0 Å². The van der Waals surface area contributed by atoms with Crippen molar-refractivity contribution in [3.05, 3.63) is 78.4 Å². The van der Waals surface area contributed by atoms with Crippen molar-refractivity contribution in [3.8, 4) is 5.75 Å². The van der Waals surface area contributed by atoms with E-state index in [1.54, 1.807) is 19.2 Å². The number of nitrogens with one attached hydrogen (secondary N) is 2. The van der Waals surface area contributed by atoms with E-state index in [1.807, 2.05) is 61.5 Å². The van der Waals surface area contributed by atoms with E-state index in [4.69, 9.17) is 9.47 Å². The molecule has 3 aromatic carbocycles. The summed E-state index contributed by atoms with van der Waals surface area (Å²) in [6.07, 6.45) is 0. The summed E-state index contributed by atoms with van der Waals surface area (Å²) in [5.41, 5.74) is 2.84. The number of sulfonamides is 1. The van der Waals surface area contributed by atoms with Crippen LogP contribution in [0.5, 0.6) is 5.75 Å². The molecule has 1 aliphatic heterocycles. The van der Waals surface area contributed by atoms with Gasteiger partial charge in [0.1, 0.15) is 17.3 Å². The van der Waals surface area contributed by atoms with Crippen molar-refractivity contribution in [2.75, 3.05) is 62.1 Å². The number of piperazine rings is 1. The Bertz CT molecular complexity index is 1340. The molecule has 1 saturated heterocycles. The van der Waals surface area contributed by atoms with Gasteiger partial charge in [0.2, 0.25) is 15.9 Å². The molecule has 1 heterocycles. The van der Waals surface area contributed by atoms with Crippen LogP contribution in [-0.4, -0.2) is 61.3 Å². The number of nitrogens with zero attached hydrogens (tertiary/aromatic N) is 2. The molecule has 4 rings (SSSR count). The van der Waals surface area contributed by atoms with Gasteiger partial charge in [-0.1, -0.05) is 42.5 Å². The van der Waals surface area contributed by atoms with Crippen LogP contribution in [0.4, 0.5) is 17.1 Å². The first-order valence-electron chi connectivity index (χ1n) is 12.5. The molecule has 2 N–H and O–H groups in total. The summed E-state index contributed by atoms with van der Waals surface area (Å²) in [6.45, 7) is 4.30. The zero-order valence-corrected chi connectivity index (χ0v) is 22.7. The predicted octanol–water partition coefficient (Wildman–Crippen LogP) is 3.65. The second kappa shape index (κ2) is 12.3. The zero-order valence-electron chi connectivity index (χ0n) is 21.9. The van der Waals surface area contributed by atoms with Crippen LogP contribution in [0.3, 0.4) is 0 Å². The SMILES string of the molecule is COCC(=O)Nc1ccc(N2CCN(c3ccccc3OC)CC2)c(S(=O)(=O)N[C@H](C)c2ccccc2)c1. The van der Waals surface area contributed by atoms with E-state index < -0.39 is 16.1 Å². The number of hydrogen-bond donors (Lipinski definition) is 2. The Kier molecular flexibility index (Phi) is 8.88. The van der Waals surface area contributed by atoms with E-state index in [1.165, 1.54) is 13.2 Å². The van der Waals surface area contributed by atoms with Crippen LogP contribution >= 0.6 is 0 Å². The summed E-state index contributed by atoms with van der Waals surface area (Å²) in [5, 5.41) is 2.71. The van der Waals surface area contributed by atoms with Crippen LogP contribution in [-0.2, 0) is 19.6 Å². The Morgan fingerprint density at radius 3 is 2.18 bits per heavy atom.